The van der Waals surface area contributed by atoms with Crippen molar-refractivity contribution in [3.05, 3.63) is 31.3 Å². The van der Waals surface area contributed by atoms with Crippen LogP contribution in [0.4, 0.5) is 0 Å². The molecule has 14 nitrogen and oxygen atoms in total. The van der Waals surface area contributed by atoms with Gasteiger partial charge in [0.25, 0.3) is 0 Å². The Kier molecular flexibility index (Phi) is 10.9. The maximum Gasteiger partial charge on any atom is 0.302 e. The quantitative estimate of drug-likeness (QED) is 0.105. The summed E-state index contributed by atoms with van der Waals surface area (Å²) in [6.07, 6.45) is -2.73. The van der Waals surface area contributed by atoms with E-state index in [1.165, 1.54) is 6.92 Å². The second-order valence-corrected chi connectivity index (χ2v) is 16.7. The van der Waals surface area contributed by atoms with Crippen molar-refractivity contribution in [2.24, 2.45) is 33.1 Å². The summed E-state index contributed by atoms with van der Waals surface area (Å²) in [6, 6.07) is -2.12. The Morgan fingerprint density at radius 2 is 1.50 bits per heavy atom. The average Bonchev–Trinajstić information content (AvgIpc) is 2.81. The lowest BCUT2D eigenvalue weighted by atomic mass is 9.78. The van der Waals surface area contributed by atoms with Crippen LogP contribution in [0.3, 0.4) is 0 Å². The third-order valence-corrected chi connectivity index (χ3v) is 12.9. The van der Waals surface area contributed by atoms with Gasteiger partial charge < -0.3 is 18.6 Å². The third kappa shape index (κ3) is 7.32. The van der Waals surface area contributed by atoms with Crippen molar-refractivity contribution < 1.29 is 23.4 Å². The summed E-state index contributed by atoms with van der Waals surface area (Å²) in [5, 5.41) is 11.7. The molecule has 0 radical (unpaired) electrons. The number of hydrogen-bond acceptors (Lipinski definition) is 8. The van der Waals surface area contributed by atoms with Crippen LogP contribution in [0, 0.1) is 17.8 Å². The van der Waals surface area contributed by atoms with E-state index in [1.54, 1.807) is 6.92 Å². The van der Waals surface area contributed by atoms with Crippen molar-refractivity contribution in [1.82, 2.24) is 0 Å². The molecule has 0 aromatic rings. The first kappa shape index (κ1) is 31.7. The summed E-state index contributed by atoms with van der Waals surface area (Å²) in [4.78, 5) is 20.7. The molecule has 15 heteroatoms. The second-order valence-electron chi connectivity index (χ2n) is 11.8. The van der Waals surface area contributed by atoms with E-state index in [1.807, 2.05) is 13.8 Å². The van der Waals surface area contributed by atoms with Gasteiger partial charge in [0.05, 0.1) is 36.9 Å². The van der Waals surface area contributed by atoms with Crippen LogP contribution in [0.25, 0.3) is 31.3 Å². The lowest BCUT2D eigenvalue weighted by Crippen LogP contribution is -2.57. The van der Waals surface area contributed by atoms with Crippen LogP contribution in [0.1, 0.15) is 54.9 Å². The largest absolute Gasteiger partial charge is 0.462 e. The maximum absolute atomic E-state index is 11.8. The van der Waals surface area contributed by atoms with Crippen molar-refractivity contribution in [3.8, 4) is 0 Å². The third-order valence-electron chi connectivity index (χ3n) is 8.41. The van der Waals surface area contributed by atoms with E-state index in [0.29, 0.717) is 6.61 Å². The molecular weight excluding hydrogens is 510 g/mol. The second kappa shape index (κ2) is 13.0. The molecular formula is C23H41N9O5Si. The highest BCUT2D eigenvalue weighted by Gasteiger charge is 2.49. The topological polar surface area (TPSA) is 200 Å². The number of ether oxygens (including phenoxy) is 3. The van der Waals surface area contributed by atoms with Gasteiger partial charge in [-0.15, -0.1) is 0 Å². The van der Waals surface area contributed by atoms with Gasteiger partial charge in [-0.2, -0.15) is 0 Å². The van der Waals surface area contributed by atoms with Crippen LogP contribution in [0.2, 0.25) is 18.1 Å². The molecule has 10 atom stereocenters. The fraction of sp³-hybridized carbons (Fsp3) is 0.957. The van der Waals surface area contributed by atoms with Gasteiger partial charge in [-0.3, -0.25) is 4.79 Å². The zero-order valence-corrected chi connectivity index (χ0v) is 24.8. The van der Waals surface area contributed by atoms with Gasteiger partial charge in [0, 0.05) is 27.6 Å². The Bertz CT molecular complexity index is 988. The van der Waals surface area contributed by atoms with E-state index < -0.39 is 56.8 Å². The zero-order valence-electron chi connectivity index (χ0n) is 23.8. The number of azide groups is 3. The summed E-state index contributed by atoms with van der Waals surface area (Å²) in [6.45, 7) is 18.3. The molecule has 1 saturated carbocycles. The monoisotopic (exact) mass is 551 g/mol. The molecule has 0 amide bonds. The van der Waals surface area contributed by atoms with Gasteiger partial charge in [-0.25, -0.2) is 0 Å². The SMILES string of the molecule is CC(=O)OC1[C@@H](C)[C@H](O[C@H]2OC(CO[Si](C)(C)C(C)(C)C)[C@@H](C)[C@H](C)C2N=[N+]=[N-])C(N=[N+]=[N-])C[C@H]1N=[N+]=[N-]. The Balaban J connectivity index is 2.38. The fourth-order valence-electron chi connectivity index (χ4n) is 4.81. The first-order chi connectivity index (χ1) is 17.7. The molecule has 0 bridgehead atoms. The molecule has 2 aliphatic rings. The van der Waals surface area contributed by atoms with Crippen LogP contribution in [-0.2, 0) is 23.4 Å². The number of carbonyl (C=O) groups is 1. The van der Waals surface area contributed by atoms with Crippen LogP contribution in [0.15, 0.2) is 15.3 Å². The molecule has 2 fully saturated rings. The highest BCUT2D eigenvalue weighted by atomic mass is 28.4. The Hall–Kier alpha value is -2.50. The highest BCUT2D eigenvalue weighted by molar-refractivity contribution is 6.74. The van der Waals surface area contributed by atoms with Gasteiger partial charge in [0.15, 0.2) is 14.6 Å². The van der Waals surface area contributed by atoms with Crippen LogP contribution in [-0.4, -0.2) is 63.6 Å². The summed E-state index contributed by atoms with van der Waals surface area (Å²) in [5.41, 5.74) is 27.6. The Morgan fingerprint density at radius 3 is 2.00 bits per heavy atom. The van der Waals surface area contributed by atoms with Crippen LogP contribution >= 0.6 is 0 Å². The molecule has 38 heavy (non-hydrogen) atoms. The zero-order chi connectivity index (χ0) is 28.8. The highest BCUT2D eigenvalue weighted by Crippen LogP contribution is 2.41. The smallest absolute Gasteiger partial charge is 0.302 e. The average molecular weight is 552 g/mol. The Morgan fingerprint density at radius 1 is 0.947 bits per heavy atom. The summed E-state index contributed by atoms with van der Waals surface area (Å²) in [7, 11) is -2.06. The van der Waals surface area contributed by atoms with Crippen molar-refractivity contribution in [2.45, 2.75) is 116 Å². The van der Waals surface area contributed by atoms with E-state index in [4.69, 9.17) is 24.2 Å². The molecule has 1 aliphatic heterocycles. The number of nitrogens with zero attached hydrogens (tertiary/aromatic N) is 9. The summed E-state index contributed by atoms with van der Waals surface area (Å²) < 4.78 is 24.8. The molecule has 1 heterocycles. The van der Waals surface area contributed by atoms with E-state index in [0.717, 1.165) is 0 Å². The molecule has 2 rings (SSSR count). The molecule has 0 aromatic heterocycles. The van der Waals surface area contributed by atoms with Crippen LogP contribution in [0.5, 0.6) is 0 Å². The van der Waals surface area contributed by atoms with Gasteiger partial charge >= 0.3 is 5.97 Å². The maximum atomic E-state index is 11.8. The van der Waals surface area contributed by atoms with Gasteiger partial charge in [-0.1, -0.05) is 56.9 Å². The lowest BCUT2D eigenvalue weighted by Gasteiger charge is -2.48. The predicted octanol–water partition coefficient (Wildman–Crippen LogP) is 6.40. The molecule has 1 aliphatic carbocycles. The molecule has 0 spiro atoms. The Labute approximate surface area is 224 Å². The van der Waals surface area contributed by atoms with E-state index in [-0.39, 0.29) is 29.4 Å². The lowest BCUT2D eigenvalue weighted by molar-refractivity contribution is -0.268. The summed E-state index contributed by atoms with van der Waals surface area (Å²) in [5.74, 6) is -1.15. The fourth-order valence-corrected chi connectivity index (χ4v) is 5.83. The standard InChI is InChI=1S/C23H41N9O5Si/c1-12-13(2)19(29-32-26)22(36-18(12)11-34-38(8,9)23(5,6)7)37-21-14(3)20(35-15(4)33)16(27-30-24)10-17(21)28-31-25/h12-14,16-22H,10-11H2,1-9H3/t12-,13-,14+,16+,17?,18?,19?,20?,21-,22+/m0/s1. The molecule has 212 valence electrons. The number of carbonyl (C=O) groups excluding carboxylic acids is 1. The molecule has 1 saturated heterocycles. The normalized spacial score (nSPS) is 35.7. The first-order valence-electron chi connectivity index (χ1n) is 12.9. The minimum Gasteiger partial charge on any atom is -0.462 e. The van der Waals surface area contributed by atoms with Crippen molar-refractivity contribution in [2.75, 3.05) is 6.61 Å². The molecule has 0 N–H and O–H groups in total. The summed E-state index contributed by atoms with van der Waals surface area (Å²) >= 11 is 0. The van der Waals surface area contributed by atoms with Gasteiger partial charge in [0.1, 0.15) is 6.10 Å². The number of rotatable bonds is 9. The number of esters is 1. The van der Waals surface area contributed by atoms with E-state index in [2.05, 4.69) is 63.9 Å². The predicted molar refractivity (Wildman–Crippen MR) is 143 cm³/mol. The first-order valence-corrected chi connectivity index (χ1v) is 15.8. The van der Waals surface area contributed by atoms with Crippen molar-refractivity contribution >= 4 is 14.3 Å². The van der Waals surface area contributed by atoms with Gasteiger partial charge in [-0.05, 0) is 53.0 Å². The minimum atomic E-state index is -2.06. The molecule has 4 unspecified atom stereocenters. The van der Waals surface area contributed by atoms with E-state index in [9.17, 15) is 15.9 Å². The van der Waals surface area contributed by atoms with E-state index >= 15 is 0 Å². The van der Waals surface area contributed by atoms with Crippen LogP contribution < -0.4 is 0 Å². The van der Waals surface area contributed by atoms with Gasteiger partial charge in [0.2, 0.25) is 0 Å². The van der Waals surface area contributed by atoms with Crippen molar-refractivity contribution in [1.29, 1.82) is 0 Å². The minimum absolute atomic E-state index is 0.00923. The van der Waals surface area contributed by atoms with Crippen molar-refractivity contribution in [3.63, 3.8) is 0 Å². The number of hydrogen-bond donors (Lipinski definition) is 0. The molecule has 0 aromatic carbocycles.